The van der Waals surface area contributed by atoms with Crippen molar-refractivity contribution in [2.75, 3.05) is 27.2 Å². The Morgan fingerprint density at radius 3 is 2.44 bits per heavy atom. The quantitative estimate of drug-likeness (QED) is 0.738. The topological polar surface area (TPSA) is 32.8 Å². The van der Waals surface area contributed by atoms with Gasteiger partial charge in [0, 0.05) is 13.1 Å². The summed E-state index contributed by atoms with van der Waals surface area (Å²) < 4.78 is 3.73. The zero-order chi connectivity index (χ0) is 12.5. The number of nitrogens with zero attached hydrogens (tertiary/aromatic N) is 2. The molecule has 1 aliphatic rings. The second kappa shape index (κ2) is 5.27. The molecule has 2 atom stereocenters. The van der Waals surface area contributed by atoms with Gasteiger partial charge in [0.05, 0.1) is 0 Å². The van der Waals surface area contributed by atoms with Gasteiger partial charge in [0.25, 0.3) is 5.91 Å². The van der Waals surface area contributed by atoms with Crippen LogP contribution in [-0.4, -0.2) is 59.0 Å². The van der Waals surface area contributed by atoms with Gasteiger partial charge in [0.2, 0.25) is 3.79 Å². The Morgan fingerprint density at radius 2 is 2.00 bits per heavy atom. The first-order valence-corrected chi connectivity index (χ1v) is 6.04. The zero-order valence-corrected chi connectivity index (χ0v) is 11.7. The van der Waals surface area contributed by atoms with Crippen molar-refractivity contribution < 1.29 is 9.53 Å². The van der Waals surface area contributed by atoms with Gasteiger partial charge in [-0.25, -0.2) is 0 Å². The van der Waals surface area contributed by atoms with Crippen LogP contribution in [0.3, 0.4) is 0 Å². The van der Waals surface area contributed by atoms with E-state index in [4.69, 9.17) is 39.5 Å². The molecule has 0 bridgehead atoms. The predicted octanol–water partition coefficient (Wildman–Crippen LogP) is 1.49. The Morgan fingerprint density at radius 1 is 1.44 bits per heavy atom. The van der Waals surface area contributed by atoms with Crippen LogP contribution in [0.2, 0.25) is 0 Å². The van der Waals surface area contributed by atoms with Crippen LogP contribution in [0.15, 0.2) is 0 Å². The van der Waals surface area contributed by atoms with E-state index in [0.29, 0.717) is 13.1 Å². The van der Waals surface area contributed by atoms with E-state index in [0.717, 1.165) is 0 Å². The van der Waals surface area contributed by atoms with Gasteiger partial charge in [-0.15, -0.1) is 0 Å². The van der Waals surface area contributed by atoms with Crippen LogP contribution in [0.5, 0.6) is 0 Å². The molecule has 4 nitrogen and oxygen atoms in total. The fourth-order valence-corrected chi connectivity index (χ4v) is 1.97. The predicted molar refractivity (Wildman–Crippen MR) is 64.9 cm³/mol. The van der Waals surface area contributed by atoms with Crippen LogP contribution < -0.4 is 0 Å². The van der Waals surface area contributed by atoms with E-state index >= 15 is 0 Å². The van der Waals surface area contributed by atoms with Crippen LogP contribution in [0.25, 0.3) is 0 Å². The first kappa shape index (κ1) is 14.3. The van der Waals surface area contributed by atoms with E-state index in [2.05, 4.69) is 0 Å². The average molecular weight is 290 g/mol. The van der Waals surface area contributed by atoms with Crippen LogP contribution in [0.1, 0.15) is 6.92 Å². The van der Waals surface area contributed by atoms with E-state index < -0.39 is 16.1 Å². The van der Waals surface area contributed by atoms with Crippen molar-refractivity contribution >= 4 is 40.7 Å². The summed E-state index contributed by atoms with van der Waals surface area (Å²) in [6, 6.07) is 0. The summed E-state index contributed by atoms with van der Waals surface area (Å²) in [5.74, 6) is -0.141. The van der Waals surface area contributed by atoms with Gasteiger partial charge in [-0.1, -0.05) is 34.8 Å². The van der Waals surface area contributed by atoms with Crippen molar-refractivity contribution in [3.8, 4) is 0 Å². The molecule has 0 aliphatic carbocycles. The van der Waals surface area contributed by atoms with Crippen molar-refractivity contribution in [1.82, 2.24) is 9.80 Å². The molecule has 0 radical (unpaired) electrons. The van der Waals surface area contributed by atoms with Crippen LogP contribution in [-0.2, 0) is 9.53 Å². The lowest BCUT2D eigenvalue weighted by atomic mass is 10.3. The Labute approximate surface area is 110 Å². The number of hydrogen-bond acceptors (Lipinski definition) is 3. The summed E-state index contributed by atoms with van der Waals surface area (Å²) in [6.07, 6.45) is -1.36. The lowest BCUT2D eigenvalue weighted by molar-refractivity contribution is -0.130. The normalized spacial score (nSPS) is 26.9. The van der Waals surface area contributed by atoms with Crippen LogP contribution in [0.4, 0.5) is 0 Å². The number of rotatable bonds is 3. The Kier molecular flexibility index (Phi) is 4.72. The third-order valence-corrected chi connectivity index (χ3v) is 2.88. The first-order valence-electron chi connectivity index (χ1n) is 4.91. The Bertz CT molecular complexity index is 268. The van der Waals surface area contributed by atoms with E-state index in [-0.39, 0.29) is 5.91 Å². The van der Waals surface area contributed by atoms with Crippen molar-refractivity contribution in [2.45, 2.75) is 23.0 Å². The molecule has 1 amide bonds. The number of carbonyl (C=O) groups is 1. The van der Waals surface area contributed by atoms with Crippen molar-refractivity contribution in [3.05, 3.63) is 0 Å². The summed E-state index contributed by atoms with van der Waals surface area (Å²) in [7, 11) is 3.82. The molecule has 7 heteroatoms. The maximum atomic E-state index is 11.8. The molecule has 0 aromatic carbocycles. The highest BCUT2D eigenvalue weighted by Gasteiger charge is 2.48. The molecule has 0 aromatic rings. The van der Waals surface area contributed by atoms with Crippen molar-refractivity contribution in [2.24, 2.45) is 0 Å². The molecule has 1 saturated heterocycles. The summed E-state index contributed by atoms with van der Waals surface area (Å²) in [6.45, 7) is 2.83. The summed E-state index contributed by atoms with van der Waals surface area (Å²) in [5.41, 5.74) is 0. The number of carbonyl (C=O) groups excluding carboxylic acids is 1. The van der Waals surface area contributed by atoms with Crippen LogP contribution >= 0.6 is 34.8 Å². The number of amides is 1. The molecular weight excluding hydrogens is 274 g/mol. The third kappa shape index (κ3) is 3.37. The third-order valence-electron chi connectivity index (χ3n) is 2.32. The minimum atomic E-state index is -1.62. The van der Waals surface area contributed by atoms with E-state index in [9.17, 15) is 4.79 Å². The lowest BCUT2D eigenvalue weighted by Crippen LogP contribution is -2.45. The van der Waals surface area contributed by atoms with Gasteiger partial charge in [0.15, 0.2) is 6.23 Å². The minimum absolute atomic E-state index is 0.141. The summed E-state index contributed by atoms with van der Waals surface area (Å²) >= 11 is 17.3. The zero-order valence-electron chi connectivity index (χ0n) is 9.41. The van der Waals surface area contributed by atoms with Gasteiger partial charge < -0.3 is 14.5 Å². The second-order valence-electron chi connectivity index (χ2n) is 4.01. The average Bonchev–Trinajstić information content (AvgIpc) is 2.40. The first-order chi connectivity index (χ1) is 7.23. The summed E-state index contributed by atoms with van der Waals surface area (Å²) in [5, 5.41) is 0. The molecule has 0 spiro atoms. The molecule has 1 aliphatic heterocycles. The van der Waals surface area contributed by atoms with E-state index in [1.54, 1.807) is 6.92 Å². The van der Waals surface area contributed by atoms with Crippen LogP contribution in [0, 0.1) is 0 Å². The monoisotopic (exact) mass is 288 g/mol. The van der Waals surface area contributed by atoms with Crippen molar-refractivity contribution in [1.29, 1.82) is 0 Å². The lowest BCUT2D eigenvalue weighted by Gasteiger charge is -2.29. The molecule has 1 fully saturated rings. The molecule has 1 heterocycles. The number of hydrogen-bond donors (Lipinski definition) is 0. The highest BCUT2D eigenvalue weighted by molar-refractivity contribution is 6.68. The van der Waals surface area contributed by atoms with Crippen molar-refractivity contribution in [3.63, 3.8) is 0 Å². The summed E-state index contributed by atoms with van der Waals surface area (Å²) in [4.78, 5) is 15.2. The number of halogens is 3. The molecule has 0 N–H and O–H groups in total. The largest absolute Gasteiger partial charge is 0.341 e. The van der Waals surface area contributed by atoms with Gasteiger partial charge in [0.1, 0.15) is 6.10 Å². The molecule has 94 valence electrons. The molecule has 16 heavy (non-hydrogen) atoms. The minimum Gasteiger partial charge on any atom is -0.341 e. The SMILES string of the molecule is C[C@@H]1O[C@H](C(Cl)(Cl)Cl)N(CCN(C)C)C1=O. The fourth-order valence-electron chi connectivity index (χ4n) is 1.46. The molecule has 0 aromatic heterocycles. The van der Waals surface area contributed by atoms with Gasteiger partial charge >= 0.3 is 0 Å². The Hall–Kier alpha value is 0.260. The van der Waals surface area contributed by atoms with Gasteiger partial charge in [-0.3, -0.25) is 4.79 Å². The van der Waals surface area contributed by atoms with Gasteiger partial charge in [-0.05, 0) is 21.0 Å². The fraction of sp³-hybridized carbons (Fsp3) is 0.889. The molecule has 0 saturated carbocycles. The standard InChI is InChI=1S/C9H15Cl3N2O2/c1-6-7(15)14(5-4-13(2)3)8(16-6)9(10,11)12/h6,8H,4-5H2,1-3H3/t6-,8+/m0/s1. The van der Waals surface area contributed by atoms with E-state index in [1.807, 2.05) is 19.0 Å². The highest BCUT2D eigenvalue weighted by Crippen LogP contribution is 2.38. The smallest absolute Gasteiger partial charge is 0.253 e. The molecular formula is C9H15Cl3N2O2. The van der Waals surface area contributed by atoms with E-state index in [1.165, 1.54) is 4.90 Å². The Balaban J connectivity index is 2.72. The number of ether oxygens (including phenoxy) is 1. The second-order valence-corrected chi connectivity index (χ2v) is 6.38. The highest BCUT2D eigenvalue weighted by atomic mass is 35.6. The number of likely N-dealkylation sites (N-methyl/N-ethyl adjacent to an activating group) is 1. The van der Waals surface area contributed by atoms with Gasteiger partial charge in [-0.2, -0.15) is 0 Å². The molecule has 1 rings (SSSR count). The maximum absolute atomic E-state index is 11.8. The molecule has 0 unspecified atom stereocenters. The maximum Gasteiger partial charge on any atom is 0.253 e. The number of alkyl halides is 3.